The van der Waals surface area contributed by atoms with Crippen LogP contribution in [0.15, 0.2) is 11.5 Å². The van der Waals surface area contributed by atoms with Gasteiger partial charge in [0.25, 0.3) is 0 Å². The molecule has 0 radical (unpaired) electrons. The monoisotopic (exact) mass is 160 g/mol. The number of unbranched alkanes of at least 4 members (excludes halogenated alkanes) is 1. The molecule has 1 atom stereocenters. The zero-order chi connectivity index (χ0) is 6.53. The number of hydrogen-bond acceptors (Lipinski definition) is 2. The maximum atomic E-state index is 2.31. The van der Waals surface area contributed by atoms with Crippen LogP contribution >= 0.6 is 21.6 Å². The normalized spacial score (nSPS) is 25.2. The Morgan fingerprint density at radius 3 is 3.00 bits per heavy atom. The van der Waals surface area contributed by atoms with E-state index in [9.17, 15) is 0 Å². The average molecular weight is 160 g/mol. The van der Waals surface area contributed by atoms with Crippen molar-refractivity contribution in [1.82, 2.24) is 0 Å². The molecule has 1 aliphatic heterocycles. The summed E-state index contributed by atoms with van der Waals surface area (Å²) >= 11 is 0. The van der Waals surface area contributed by atoms with Gasteiger partial charge in [-0.2, -0.15) is 0 Å². The smallest absolute Gasteiger partial charge is 0.0342 e. The third-order valence-corrected chi connectivity index (χ3v) is 3.80. The van der Waals surface area contributed by atoms with Crippen molar-refractivity contribution in [3.05, 3.63) is 11.5 Å². The first-order chi connectivity index (χ1) is 4.43. The van der Waals surface area contributed by atoms with Crippen molar-refractivity contribution in [3.63, 3.8) is 0 Å². The van der Waals surface area contributed by atoms with Gasteiger partial charge in [-0.15, -0.1) is 0 Å². The Bertz CT molecular complexity index is 99.1. The minimum absolute atomic E-state index is 0.815. The Hall–Kier alpha value is 0.440. The van der Waals surface area contributed by atoms with Crippen molar-refractivity contribution in [2.24, 2.45) is 0 Å². The molecule has 0 aliphatic carbocycles. The average Bonchev–Trinajstić information content (AvgIpc) is 2.34. The van der Waals surface area contributed by atoms with Gasteiger partial charge in [-0.25, -0.2) is 0 Å². The van der Waals surface area contributed by atoms with Crippen molar-refractivity contribution in [2.45, 2.75) is 31.4 Å². The molecule has 0 aromatic carbocycles. The molecule has 0 aromatic heterocycles. The van der Waals surface area contributed by atoms with Crippen molar-refractivity contribution >= 4 is 21.6 Å². The first-order valence-electron chi connectivity index (χ1n) is 3.42. The van der Waals surface area contributed by atoms with Crippen molar-refractivity contribution in [3.8, 4) is 0 Å². The van der Waals surface area contributed by atoms with Crippen LogP contribution in [0.2, 0.25) is 0 Å². The molecule has 0 N–H and O–H groups in total. The molecular weight excluding hydrogens is 148 g/mol. The lowest BCUT2D eigenvalue weighted by molar-refractivity contribution is 0.740. The lowest BCUT2D eigenvalue weighted by Crippen LogP contribution is -1.91. The van der Waals surface area contributed by atoms with Gasteiger partial charge in [0.2, 0.25) is 0 Å². The fourth-order valence-corrected chi connectivity index (χ4v) is 3.06. The van der Waals surface area contributed by atoms with E-state index in [1.165, 1.54) is 19.3 Å². The van der Waals surface area contributed by atoms with E-state index in [0.717, 1.165) is 5.25 Å². The van der Waals surface area contributed by atoms with E-state index in [0.29, 0.717) is 0 Å². The second kappa shape index (κ2) is 4.29. The fourth-order valence-electron chi connectivity index (χ4n) is 0.805. The number of hydrogen-bond donors (Lipinski definition) is 0. The molecule has 2 heteroatoms. The summed E-state index contributed by atoms with van der Waals surface area (Å²) in [5.41, 5.74) is 0. The molecule has 0 fully saturated rings. The molecule has 0 saturated heterocycles. The topological polar surface area (TPSA) is 0 Å². The van der Waals surface area contributed by atoms with Crippen LogP contribution in [0, 0.1) is 0 Å². The molecule has 1 aliphatic rings. The molecule has 0 bridgehead atoms. The highest BCUT2D eigenvalue weighted by Crippen LogP contribution is 2.37. The molecule has 0 saturated carbocycles. The Balaban J connectivity index is 2.05. The zero-order valence-corrected chi connectivity index (χ0v) is 7.30. The Morgan fingerprint density at radius 1 is 1.56 bits per heavy atom. The van der Waals surface area contributed by atoms with Crippen LogP contribution in [0.1, 0.15) is 26.2 Å². The molecule has 0 nitrogen and oxygen atoms in total. The quantitative estimate of drug-likeness (QED) is 0.580. The second-order valence-electron chi connectivity index (χ2n) is 2.20. The Labute approximate surface area is 64.9 Å². The first-order valence-corrected chi connectivity index (χ1v) is 5.70. The lowest BCUT2D eigenvalue weighted by Gasteiger charge is -2.02. The predicted molar refractivity (Wildman–Crippen MR) is 47.6 cm³/mol. The van der Waals surface area contributed by atoms with Crippen LogP contribution in [0.3, 0.4) is 0 Å². The van der Waals surface area contributed by atoms with E-state index in [4.69, 9.17) is 0 Å². The maximum Gasteiger partial charge on any atom is 0.0342 e. The van der Waals surface area contributed by atoms with E-state index < -0.39 is 0 Å². The zero-order valence-electron chi connectivity index (χ0n) is 5.67. The standard InChI is InChI=1S/C7H12S2/c1-2-3-4-7-5-6-8-9-7/h5-7H,2-4H2,1H3. The highest BCUT2D eigenvalue weighted by atomic mass is 33.1. The second-order valence-corrected chi connectivity index (χ2v) is 4.62. The van der Waals surface area contributed by atoms with Crippen LogP contribution < -0.4 is 0 Å². The van der Waals surface area contributed by atoms with Gasteiger partial charge in [0.05, 0.1) is 0 Å². The minimum Gasteiger partial charge on any atom is -0.0819 e. The minimum atomic E-state index is 0.815. The molecule has 52 valence electrons. The van der Waals surface area contributed by atoms with E-state index in [1.807, 2.05) is 21.6 Å². The third kappa shape index (κ3) is 2.67. The van der Waals surface area contributed by atoms with E-state index in [-0.39, 0.29) is 0 Å². The molecular formula is C7H12S2. The lowest BCUT2D eigenvalue weighted by atomic mass is 10.2. The highest BCUT2D eigenvalue weighted by molar-refractivity contribution is 8.78. The Morgan fingerprint density at radius 2 is 2.44 bits per heavy atom. The molecule has 9 heavy (non-hydrogen) atoms. The summed E-state index contributed by atoms with van der Waals surface area (Å²) < 4.78 is 0. The maximum absolute atomic E-state index is 2.31. The molecule has 0 amide bonds. The highest BCUT2D eigenvalue weighted by Gasteiger charge is 2.08. The van der Waals surface area contributed by atoms with Crippen LogP contribution in [-0.2, 0) is 0 Å². The van der Waals surface area contributed by atoms with Gasteiger partial charge in [-0.05, 0) is 11.8 Å². The van der Waals surface area contributed by atoms with Crippen molar-refractivity contribution in [2.75, 3.05) is 0 Å². The summed E-state index contributed by atoms with van der Waals surface area (Å²) in [6, 6.07) is 0. The van der Waals surface area contributed by atoms with Crippen LogP contribution in [0.4, 0.5) is 0 Å². The number of rotatable bonds is 3. The van der Waals surface area contributed by atoms with Gasteiger partial charge in [0.1, 0.15) is 0 Å². The van der Waals surface area contributed by atoms with E-state index in [1.54, 1.807) is 0 Å². The van der Waals surface area contributed by atoms with Crippen molar-refractivity contribution < 1.29 is 0 Å². The molecule has 1 rings (SSSR count). The summed E-state index contributed by atoms with van der Waals surface area (Å²) in [5.74, 6) is 0. The third-order valence-electron chi connectivity index (χ3n) is 1.37. The van der Waals surface area contributed by atoms with Crippen LogP contribution in [-0.4, -0.2) is 5.25 Å². The largest absolute Gasteiger partial charge is 0.0819 e. The summed E-state index contributed by atoms with van der Waals surface area (Å²) in [6.07, 6.45) is 6.38. The van der Waals surface area contributed by atoms with Crippen LogP contribution in [0.5, 0.6) is 0 Å². The van der Waals surface area contributed by atoms with Crippen molar-refractivity contribution in [1.29, 1.82) is 0 Å². The fraction of sp³-hybridized carbons (Fsp3) is 0.714. The predicted octanol–water partition coefficient (Wildman–Crippen LogP) is 3.45. The first kappa shape index (κ1) is 7.55. The van der Waals surface area contributed by atoms with Gasteiger partial charge in [-0.1, -0.05) is 47.4 Å². The molecule has 0 spiro atoms. The Kier molecular flexibility index (Phi) is 3.59. The van der Waals surface area contributed by atoms with Gasteiger partial charge in [-0.3, -0.25) is 0 Å². The van der Waals surface area contributed by atoms with Gasteiger partial charge in [0, 0.05) is 5.25 Å². The van der Waals surface area contributed by atoms with Gasteiger partial charge < -0.3 is 0 Å². The summed E-state index contributed by atoms with van der Waals surface area (Å²) in [4.78, 5) is 0. The molecule has 1 heterocycles. The van der Waals surface area contributed by atoms with Gasteiger partial charge >= 0.3 is 0 Å². The van der Waals surface area contributed by atoms with Crippen LogP contribution in [0.25, 0.3) is 0 Å². The summed E-state index contributed by atoms with van der Waals surface area (Å²) in [5, 5.41) is 3.01. The summed E-state index contributed by atoms with van der Waals surface area (Å²) in [6.45, 7) is 2.25. The SMILES string of the molecule is CCCCC1C=CSS1. The summed E-state index contributed by atoms with van der Waals surface area (Å²) in [7, 11) is 3.86. The van der Waals surface area contributed by atoms with E-state index >= 15 is 0 Å². The van der Waals surface area contributed by atoms with E-state index in [2.05, 4.69) is 18.4 Å². The van der Waals surface area contributed by atoms with Gasteiger partial charge in [0.15, 0.2) is 0 Å². The molecule has 0 aromatic rings. The molecule has 1 unspecified atom stereocenters.